The fourth-order valence-electron chi connectivity index (χ4n) is 1.47. The van der Waals surface area contributed by atoms with Crippen molar-refractivity contribution in [3.05, 3.63) is 0 Å². The number of carbonyl (C=O) groups is 3. The van der Waals surface area contributed by atoms with Gasteiger partial charge in [0, 0.05) is 13.1 Å². The van der Waals surface area contributed by atoms with E-state index in [-0.39, 0.29) is 11.9 Å². The minimum Gasteiger partial charge on any atom is -0.481 e. The van der Waals surface area contributed by atoms with E-state index in [1.54, 1.807) is 0 Å². The first-order valence-electron chi connectivity index (χ1n) is 6.30. The smallest absolute Gasteiger partial charge is 0.320 e. The second kappa shape index (κ2) is 9.53. The minimum atomic E-state index is -1.02. The molecule has 0 spiro atoms. The largest absolute Gasteiger partial charge is 0.481 e. The lowest BCUT2D eigenvalue weighted by Gasteiger charge is -2.03. The lowest BCUT2D eigenvalue weighted by atomic mass is 10.1. The van der Waals surface area contributed by atoms with Gasteiger partial charge in [-0.25, -0.2) is 0 Å². The zero-order valence-electron chi connectivity index (χ0n) is 11.5. The number of carboxylic acid groups (broad SMARTS) is 2. The normalized spacial score (nSPS) is 18.0. The molecule has 1 aliphatic rings. The van der Waals surface area contributed by atoms with Gasteiger partial charge in [0.25, 0.3) is 0 Å². The van der Waals surface area contributed by atoms with Gasteiger partial charge in [-0.15, -0.1) is 0 Å². The van der Waals surface area contributed by atoms with E-state index in [0.29, 0.717) is 32.4 Å². The van der Waals surface area contributed by atoms with Crippen LogP contribution in [0.5, 0.6) is 0 Å². The third-order valence-corrected chi connectivity index (χ3v) is 2.63. The number of aliphatic imine (C=N–C) groups is 1. The van der Waals surface area contributed by atoms with Crippen LogP contribution in [0, 0.1) is 5.92 Å². The van der Waals surface area contributed by atoms with E-state index in [1.807, 2.05) is 0 Å². The number of amides is 1. The van der Waals surface area contributed by atoms with E-state index in [9.17, 15) is 14.4 Å². The second-order valence-electron chi connectivity index (χ2n) is 4.36. The molecule has 0 bridgehead atoms. The van der Waals surface area contributed by atoms with E-state index >= 15 is 0 Å². The second-order valence-corrected chi connectivity index (χ2v) is 4.36. The first kappa shape index (κ1) is 18.6. The lowest BCUT2D eigenvalue weighted by Crippen LogP contribution is -2.30. The molecule has 0 aliphatic carbocycles. The van der Waals surface area contributed by atoms with E-state index in [2.05, 4.69) is 10.3 Å². The number of rotatable bonds is 6. The van der Waals surface area contributed by atoms with E-state index in [1.165, 1.54) is 0 Å². The van der Waals surface area contributed by atoms with Gasteiger partial charge in [-0.2, -0.15) is 0 Å². The summed E-state index contributed by atoms with van der Waals surface area (Å²) in [5.74, 6) is -3.17. The Bertz CT molecular complexity index is 408. The Hall–Kier alpha value is -2.36. The van der Waals surface area contributed by atoms with Crippen LogP contribution in [-0.4, -0.2) is 53.1 Å². The average molecular weight is 303 g/mol. The van der Waals surface area contributed by atoms with Gasteiger partial charge in [-0.05, 0) is 19.3 Å². The molecule has 120 valence electrons. The van der Waals surface area contributed by atoms with Crippen LogP contribution in [0.15, 0.2) is 4.99 Å². The van der Waals surface area contributed by atoms with Gasteiger partial charge >= 0.3 is 11.9 Å². The van der Waals surface area contributed by atoms with Crippen molar-refractivity contribution in [1.29, 1.82) is 0 Å². The molecule has 10 heteroatoms. The lowest BCUT2D eigenvalue weighted by molar-refractivity contribution is -0.145. The molecule has 21 heavy (non-hydrogen) atoms. The highest BCUT2D eigenvalue weighted by atomic mass is 16.4. The van der Waals surface area contributed by atoms with Crippen LogP contribution in [0.2, 0.25) is 0 Å². The Labute approximate surface area is 121 Å². The number of hydrogen-bond donors (Lipinski definition) is 6. The SMILES string of the molecule is NC(N)=NCCCC(N)C(=O)O.O=C(O)C1CCNC1=O. The van der Waals surface area contributed by atoms with Crippen molar-refractivity contribution in [3.63, 3.8) is 0 Å². The number of nitrogens with one attached hydrogen (secondary N) is 1. The van der Waals surface area contributed by atoms with Gasteiger partial charge in [0.05, 0.1) is 0 Å². The van der Waals surface area contributed by atoms with Crippen LogP contribution in [-0.2, 0) is 14.4 Å². The maximum absolute atomic E-state index is 10.5. The highest BCUT2D eigenvalue weighted by Gasteiger charge is 2.30. The van der Waals surface area contributed by atoms with E-state index in [0.717, 1.165) is 0 Å². The number of aliphatic carboxylic acids is 2. The Balaban J connectivity index is 0.000000394. The number of carboxylic acids is 2. The van der Waals surface area contributed by atoms with Gasteiger partial charge in [-0.1, -0.05) is 0 Å². The molecule has 1 saturated heterocycles. The molecule has 1 aliphatic heterocycles. The molecule has 1 amide bonds. The summed E-state index contributed by atoms with van der Waals surface area (Å²) < 4.78 is 0. The molecular weight excluding hydrogens is 282 g/mol. The van der Waals surface area contributed by atoms with Crippen LogP contribution in [0.4, 0.5) is 0 Å². The summed E-state index contributed by atoms with van der Waals surface area (Å²) in [4.78, 5) is 34.6. The molecule has 0 radical (unpaired) electrons. The molecule has 0 saturated carbocycles. The zero-order valence-corrected chi connectivity index (χ0v) is 11.5. The molecular formula is C11H21N5O5. The summed E-state index contributed by atoms with van der Waals surface area (Å²) in [5, 5.41) is 19.1. The quantitative estimate of drug-likeness (QED) is 0.136. The van der Waals surface area contributed by atoms with Crippen LogP contribution in [0.25, 0.3) is 0 Å². The predicted octanol–water partition coefficient (Wildman–Crippen LogP) is -2.34. The monoisotopic (exact) mass is 303 g/mol. The Morgan fingerprint density at radius 2 is 2.00 bits per heavy atom. The molecule has 9 N–H and O–H groups in total. The van der Waals surface area contributed by atoms with Crippen LogP contribution >= 0.6 is 0 Å². The van der Waals surface area contributed by atoms with Crippen molar-refractivity contribution in [2.24, 2.45) is 28.1 Å². The number of nitrogens with two attached hydrogens (primary N) is 3. The molecule has 1 heterocycles. The fraction of sp³-hybridized carbons (Fsp3) is 0.636. The van der Waals surface area contributed by atoms with E-state index < -0.39 is 23.9 Å². The molecule has 0 aromatic rings. The minimum absolute atomic E-state index is 0.0129. The number of guanidine groups is 1. The van der Waals surface area contributed by atoms with Crippen molar-refractivity contribution >= 4 is 23.8 Å². The van der Waals surface area contributed by atoms with Gasteiger partial charge < -0.3 is 32.7 Å². The maximum atomic E-state index is 10.5. The van der Waals surface area contributed by atoms with E-state index in [4.69, 9.17) is 27.4 Å². The van der Waals surface area contributed by atoms with Crippen molar-refractivity contribution in [2.45, 2.75) is 25.3 Å². The molecule has 2 atom stereocenters. The van der Waals surface area contributed by atoms with Crippen molar-refractivity contribution < 1.29 is 24.6 Å². The zero-order chi connectivity index (χ0) is 16.4. The first-order chi connectivity index (χ1) is 9.75. The molecule has 1 rings (SSSR count). The third-order valence-electron chi connectivity index (χ3n) is 2.63. The number of carbonyl (C=O) groups excluding carboxylic acids is 1. The fourth-order valence-corrected chi connectivity index (χ4v) is 1.47. The average Bonchev–Trinajstić information content (AvgIpc) is 2.81. The summed E-state index contributed by atoms with van der Waals surface area (Å²) >= 11 is 0. The molecule has 10 nitrogen and oxygen atoms in total. The first-order valence-corrected chi connectivity index (χ1v) is 6.30. The van der Waals surface area contributed by atoms with Crippen LogP contribution in [0.3, 0.4) is 0 Å². The summed E-state index contributed by atoms with van der Waals surface area (Å²) in [6.07, 6.45) is 1.38. The van der Waals surface area contributed by atoms with Crippen molar-refractivity contribution in [2.75, 3.05) is 13.1 Å². The van der Waals surface area contributed by atoms with Crippen LogP contribution < -0.4 is 22.5 Å². The highest BCUT2D eigenvalue weighted by Crippen LogP contribution is 2.07. The highest BCUT2D eigenvalue weighted by molar-refractivity contribution is 5.98. The van der Waals surface area contributed by atoms with Gasteiger partial charge in [0.1, 0.15) is 12.0 Å². The van der Waals surface area contributed by atoms with Gasteiger partial charge in [0.2, 0.25) is 5.91 Å². The predicted molar refractivity (Wildman–Crippen MR) is 74.3 cm³/mol. The molecule has 0 aromatic carbocycles. The Kier molecular flexibility index (Phi) is 8.46. The molecule has 2 unspecified atom stereocenters. The van der Waals surface area contributed by atoms with Crippen molar-refractivity contribution in [3.8, 4) is 0 Å². The summed E-state index contributed by atoms with van der Waals surface area (Å²) in [7, 11) is 0. The Morgan fingerprint density at radius 3 is 2.33 bits per heavy atom. The van der Waals surface area contributed by atoms with Gasteiger partial charge in [-0.3, -0.25) is 19.4 Å². The maximum Gasteiger partial charge on any atom is 0.320 e. The molecule has 0 aromatic heterocycles. The topological polar surface area (TPSA) is 194 Å². The Morgan fingerprint density at radius 1 is 1.38 bits per heavy atom. The summed E-state index contributed by atoms with van der Waals surface area (Å²) in [6.45, 7) is 0.916. The molecule has 1 fully saturated rings. The van der Waals surface area contributed by atoms with Gasteiger partial charge in [0.15, 0.2) is 5.96 Å². The summed E-state index contributed by atoms with van der Waals surface area (Å²) in [6, 6.07) is -0.820. The van der Waals surface area contributed by atoms with Crippen molar-refractivity contribution in [1.82, 2.24) is 5.32 Å². The number of hydrogen-bond acceptors (Lipinski definition) is 5. The third kappa shape index (κ3) is 8.42. The number of nitrogens with zero attached hydrogens (tertiary/aromatic N) is 1. The summed E-state index contributed by atoms with van der Waals surface area (Å²) in [5.41, 5.74) is 15.3. The van der Waals surface area contributed by atoms with Crippen LogP contribution in [0.1, 0.15) is 19.3 Å². The standard InChI is InChI=1S/C6H14N4O2.C5H7NO3/c7-4(5(11)12)2-1-3-10-6(8)9;7-4-3(5(8)9)1-2-6-4/h4H,1-3,7H2,(H,11,12)(H4,8,9,10);3H,1-2H2,(H,6,7)(H,8,9).